The van der Waals surface area contributed by atoms with Crippen LogP contribution in [0.1, 0.15) is 65.7 Å². The molecule has 1 saturated carbocycles. The number of rotatable bonds is 6. The smallest absolute Gasteiger partial charge is 0.0406 e. The number of hydrogen-bond donors (Lipinski definition) is 0. The highest BCUT2D eigenvalue weighted by Gasteiger charge is 2.28. The van der Waals surface area contributed by atoms with Crippen LogP contribution in [0, 0.1) is 17.8 Å². The molecule has 1 aliphatic carbocycles. The van der Waals surface area contributed by atoms with Crippen molar-refractivity contribution in [3.05, 3.63) is 0 Å². The Hall–Kier alpha value is 0. The Balaban J connectivity index is 2.10. The lowest BCUT2D eigenvalue weighted by molar-refractivity contribution is 0.149. The summed E-state index contributed by atoms with van der Waals surface area (Å²) in [6, 6.07) is 0. The van der Waals surface area contributed by atoms with E-state index in [-0.39, 0.29) is 0 Å². The highest BCUT2D eigenvalue weighted by molar-refractivity contribution is 4.80. The second kappa shape index (κ2) is 5.67. The lowest BCUT2D eigenvalue weighted by atomic mass is 9.69. The van der Waals surface area contributed by atoms with Gasteiger partial charge >= 0.3 is 0 Å². The Morgan fingerprint density at radius 2 is 1.77 bits per heavy atom. The van der Waals surface area contributed by atoms with Crippen molar-refractivity contribution >= 4 is 0 Å². The van der Waals surface area contributed by atoms with E-state index < -0.39 is 0 Å². The van der Waals surface area contributed by atoms with Crippen molar-refractivity contribution in [2.24, 2.45) is 17.8 Å². The summed E-state index contributed by atoms with van der Waals surface area (Å²) in [6.07, 6.45) is 10.3. The van der Waals surface area contributed by atoms with Gasteiger partial charge in [-0.05, 0) is 37.0 Å². The van der Waals surface area contributed by atoms with Gasteiger partial charge in [0.25, 0.3) is 0 Å². The molecule has 1 aliphatic rings. The van der Waals surface area contributed by atoms with Gasteiger partial charge < -0.3 is 0 Å². The highest BCUT2D eigenvalue weighted by atomic mass is 14.3. The molecule has 0 aliphatic heterocycles. The molecule has 0 saturated heterocycles. The maximum absolute atomic E-state index is 2.36. The van der Waals surface area contributed by atoms with Crippen molar-refractivity contribution in [3.8, 4) is 0 Å². The second-order valence-corrected chi connectivity index (χ2v) is 4.91. The third-order valence-corrected chi connectivity index (χ3v) is 3.85. The first-order valence-electron chi connectivity index (χ1n) is 6.30. The van der Waals surface area contributed by atoms with E-state index in [0.717, 1.165) is 17.8 Å². The van der Waals surface area contributed by atoms with Gasteiger partial charge in [-0.1, -0.05) is 46.5 Å². The molecule has 0 bridgehead atoms. The summed E-state index contributed by atoms with van der Waals surface area (Å²) >= 11 is 0. The maximum Gasteiger partial charge on any atom is -0.0406 e. The molecule has 0 aromatic heterocycles. The van der Waals surface area contributed by atoms with E-state index in [9.17, 15) is 0 Å². The monoisotopic (exact) mass is 182 g/mol. The van der Waals surface area contributed by atoms with Crippen molar-refractivity contribution in [2.45, 2.75) is 65.7 Å². The first-order chi connectivity index (χ1) is 6.30. The zero-order valence-electron chi connectivity index (χ0n) is 9.68. The Bertz CT molecular complexity index is 122. The third kappa shape index (κ3) is 3.32. The summed E-state index contributed by atoms with van der Waals surface area (Å²) in [5.74, 6) is 3.22. The van der Waals surface area contributed by atoms with Gasteiger partial charge in [-0.25, -0.2) is 0 Å². The van der Waals surface area contributed by atoms with Crippen LogP contribution in [0.4, 0.5) is 0 Å². The van der Waals surface area contributed by atoms with Gasteiger partial charge in [-0.15, -0.1) is 0 Å². The average Bonchev–Trinajstić information content (AvgIpc) is 2.08. The molecule has 0 radical (unpaired) electrons. The van der Waals surface area contributed by atoms with Crippen LogP contribution < -0.4 is 0 Å². The largest absolute Gasteiger partial charge is 0.0654 e. The van der Waals surface area contributed by atoms with Crippen molar-refractivity contribution in [3.63, 3.8) is 0 Å². The SMILES string of the molecule is CCCC(CC)CC1CC(CC)C1. The first kappa shape index (κ1) is 11.1. The van der Waals surface area contributed by atoms with E-state index >= 15 is 0 Å². The molecule has 0 heterocycles. The molecule has 0 nitrogen and oxygen atoms in total. The second-order valence-electron chi connectivity index (χ2n) is 4.91. The quantitative estimate of drug-likeness (QED) is 0.561. The van der Waals surface area contributed by atoms with E-state index in [0.29, 0.717) is 0 Å². The van der Waals surface area contributed by atoms with Crippen molar-refractivity contribution < 1.29 is 0 Å². The summed E-state index contributed by atoms with van der Waals surface area (Å²) in [4.78, 5) is 0. The minimum atomic E-state index is 1.04. The minimum absolute atomic E-state index is 1.04. The zero-order valence-corrected chi connectivity index (χ0v) is 9.68. The van der Waals surface area contributed by atoms with E-state index in [1.807, 2.05) is 0 Å². The van der Waals surface area contributed by atoms with Crippen LogP contribution in [-0.4, -0.2) is 0 Å². The molecular formula is C13H26. The lowest BCUT2D eigenvalue weighted by Gasteiger charge is -2.36. The van der Waals surface area contributed by atoms with Crippen molar-refractivity contribution in [1.82, 2.24) is 0 Å². The van der Waals surface area contributed by atoms with Crippen LogP contribution >= 0.6 is 0 Å². The molecule has 0 heteroatoms. The summed E-state index contributed by atoms with van der Waals surface area (Å²) < 4.78 is 0. The van der Waals surface area contributed by atoms with E-state index in [1.165, 1.54) is 44.9 Å². The fourth-order valence-corrected chi connectivity index (χ4v) is 2.77. The highest BCUT2D eigenvalue weighted by Crippen LogP contribution is 2.40. The van der Waals surface area contributed by atoms with Crippen LogP contribution in [0.2, 0.25) is 0 Å². The predicted octanol–water partition coefficient (Wildman–Crippen LogP) is 4.64. The molecule has 1 atom stereocenters. The lowest BCUT2D eigenvalue weighted by Crippen LogP contribution is -2.25. The Morgan fingerprint density at radius 3 is 2.23 bits per heavy atom. The summed E-state index contributed by atoms with van der Waals surface area (Å²) in [5.41, 5.74) is 0. The Labute approximate surface area is 84.1 Å². The van der Waals surface area contributed by atoms with E-state index in [1.54, 1.807) is 0 Å². The third-order valence-electron chi connectivity index (χ3n) is 3.85. The molecule has 0 amide bonds. The molecule has 0 aromatic carbocycles. The number of hydrogen-bond acceptors (Lipinski definition) is 0. The normalized spacial score (nSPS) is 29.8. The summed E-state index contributed by atoms with van der Waals surface area (Å²) in [7, 11) is 0. The molecule has 1 rings (SSSR count). The molecule has 13 heavy (non-hydrogen) atoms. The van der Waals surface area contributed by atoms with Gasteiger partial charge in [0, 0.05) is 0 Å². The molecular weight excluding hydrogens is 156 g/mol. The molecule has 1 unspecified atom stereocenters. The molecule has 0 aromatic rings. The topological polar surface area (TPSA) is 0 Å². The van der Waals surface area contributed by atoms with Crippen LogP contribution in [0.5, 0.6) is 0 Å². The minimum Gasteiger partial charge on any atom is -0.0654 e. The zero-order chi connectivity index (χ0) is 9.68. The van der Waals surface area contributed by atoms with Crippen molar-refractivity contribution in [1.29, 1.82) is 0 Å². The first-order valence-corrected chi connectivity index (χ1v) is 6.30. The standard InChI is InChI=1S/C13H26/c1-4-7-11(5-2)8-13-9-12(6-3)10-13/h11-13H,4-10H2,1-3H3. The van der Waals surface area contributed by atoms with Gasteiger partial charge in [0.1, 0.15) is 0 Å². The van der Waals surface area contributed by atoms with E-state index in [2.05, 4.69) is 20.8 Å². The summed E-state index contributed by atoms with van der Waals surface area (Å²) in [6.45, 7) is 7.01. The maximum atomic E-state index is 2.36. The van der Waals surface area contributed by atoms with Gasteiger partial charge in [-0.2, -0.15) is 0 Å². The predicted molar refractivity (Wildman–Crippen MR) is 59.8 cm³/mol. The van der Waals surface area contributed by atoms with Crippen molar-refractivity contribution in [2.75, 3.05) is 0 Å². The average molecular weight is 182 g/mol. The van der Waals surface area contributed by atoms with Gasteiger partial charge in [0.05, 0.1) is 0 Å². The van der Waals surface area contributed by atoms with Gasteiger partial charge in [-0.3, -0.25) is 0 Å². The van der Waals surface area contributed by atoms with Crippen LogP contribution in [0.15, 0.2) is 0 Å². The van der Waals surface area contributed by atoms with Crippen LogP contribution in [0.25, 0.3) is 0 Å². The van der Waals surface area contributed by atoms with Gasteiger partial charge in [0.15, 0.2) is 0 Å². The van der Waals surface area contributed by atoms with E-state index in [4.69, 9.17) is 0 Å². The molecule has 0 N–H and O–H groups in total. The fourth-order valence-electron chi connectivity index (χ4n) is 2.77. The molecule has 78 valence electrons. The van der Waals surface area contributed by atoms with Gasteiger partial charge in [0.2, 0.25) is 0 Å². The Morgan fingerprint density at radius 1 is 1.08 bits per heavy atom. The van der Waals surface area contributed by atoms with Crippen LogP contribution in [0.3, 0.4) is 0 Å². The Kier molecular flexibility index (Phi) is 4.83. The summed E-state index contributed by atoms with van der Waals surface area (Å²) in [5, 5.41) is 0. The van der Waals surface area contributed by atoms with Crippen LogP contribution in [-0.2, 0) is 0 Å². The fraction of sp³-hybridized carbons (Fsp3) is 1.00. The molecule has 1 fully saturated rings. The molecule has 0 spiro atoms.